The molecule has 0 aromatic heterocycles. The molecule has 24 N–H and O–H groups in total. The highest BCUT2D eigenvalue weighted by molar-refractivity contribution is 7.46. The van der Waals surface area contributed by atoms with Crippen LogP contribution in [0.4, 0.5) is 0 Å². The standard InChI is InChI=1S/C46H79N2O39P/c1-10(53)47-19-26(60)36(14(5-51)77-40(19)70)84-41-20(48-11(2)54)27(61)37(15(6-52)80-41)85-46-35(69)39(87-45-33(67)29(63)22(56)13(4-50)79-45)25(59)17(83-46)8-75-43-34(68)38(86-44-32(66)28(62)21(55)12(3-49)78-44)24(58)16(81-43)7-74-42-31(65)30(64)23(57)18(82-42)9-76-88(71,72)73/h12-46,49-52,55-70H,3-9H2,1-2H3,(H,47,53)(H,48,54)(H2,71,72,73)/t12-,13-,14-,15-,16-,17-,18-,19-,20-,21-,22-,23-,24-,25-,26-,27-,28+,29+,30+,31+,32+,33+,34+,35+,36-,37-,38+,39+,40?,41+,42+,43+,44-,45-,46+/m1/s1. The van der Waals surface area contributed by atoms with Crippen molar-refractivity contribution >= 4 is 19.6 Å². The lowest BCUT2D eigenvalue weighted by atomic mass is 9.94. The molecule has 7 rings (SSSR count). The minimum absolute atomic E-state index is 0.751. The van der Waals surface area contributed by atoms with E-state index in [1.807, 2.05) is 0 Å². The first kappa shape index (κ1) is 73.1. The van der Waals surface area contributed by atoms with E-state index >= 15 is 0 Å². The van der Waals surface area contributed by atoms with Gasteiger partial charge in [-0.05, 0) is 0 Å². The van der Waals surface area contributed by atoms with Crippen LogP contribution in [-0.4, -0.2) is 385 Å². The molecule has 0 bridgehead atoms. The third-order valence-corrected chi connectivity index (χ3v) is 16.0. The van der Waals surface area contributed by atoms with Crippen LogP contribution in [-0.2, 0) is 80.3 Å². The number of phosphoric ester groups is 1. The number of nitrogens with one attached hydrogen (secondary N) is 2. The van der Waals surface area contributed by atoms with E-state index in [4.69, 9.17) is 61.6 Å². The molecule has 7 aliphatic rings. The number of carbonyl (C=O) groups is 2. The summed E-state index contributed by atoms with van der Waals surface area (Å²) < 4.78 is 90.0. The number of rotatable bonds is 23. The van der Waals surface area contributed by atoms with E-state index in [2.05, 4.69) is 15.2 Å². The number of aliphatic hydroxyl groups is 20. The van der Waals surface area contributed by atoms with Crippen LogP contribution in [0.15, 0.2) is 0 Å². The Morgan fingerprint density at radius 1 is 0.352 bits per heavy atom. The van der Waals surface area contributed by atoms with Gasteiger partial charge < -0.3 is 184 Å². The summed E-state index contributed by atoms with van der Waals surface area (Å²) in [6.07, 6.45) is -67.3. The van der Waals surface area contributed by atoms with E-state index in [1.54, 1.807) is 0 Å². The molecule has 41 nitrogen and oxygen atoms in total. The quantitative estimate of drug-likeness (QED) is 0.0422. The van der Waals surface area contributed by atoms with E-state index in [-0.39, 0.29) is 0 Å². The smallest absolute Gasteiger partial charge is 0.394 e. The van der Waals surface area contributed by atoms with E-state index in [0.717, 1.165) is 13.8 Å². The lowest BCUT2D eigenvalue weighted by Gasteiger charge is -2.50. The van der Waals surface area contributed by atoms with Crippen LogP contribution in [0, 0.1) is 0 Å². The average Bonchev–Trinajstić information content (AvgIpc) is 1.02. The first-order valence-electron chi connectivity index (χ1n) is 27.4. The zero-order chi connectivity index (χ0) is 65.1. The van der Waals surface area contributed by atoms with Gasteiger partial charge in [0.25, 0.3) is 0 Å². The number of hydrogen-bond donors (Lipinski definition) is 24. The minimum atomic E-state index is -5.22. The average molecular weight is 1320 g/mol. The van der Waals surface area contributed by atoms with E-state index in [0.29, 0.717) is 0 Å². The monoisotopic (exact) mass is 1310 g/mol. The predicted octanol–water partition coefficient (Wildman–Crippen LogP) is -15.9. The highest BCUT2D eigenvalue weighted by Gasteiger charge is 2.58. The summed E-state index contributed by atoms with van der Waals surface area (Å²) >= 11 is 0. The maximum atomic E-state index is 12.7. The van der Waals surface area contributed by atoms with Crippen LogP contribution in [0.25, 0.3) is 0 Å². The SMILES string of the molecule is CC(=O)N[C@H]1[C@H](O[C@H]2[C@H](O)[C@@H](NC(C)=O)C(O)O[C@@H]2CO)O[C@H](CO)[C@@H](O[C@@H]2O[C@H](CO[C@H]3O[C@H](CO[C@H]4O[C@H](COP(=O)(O)O)[C@@H](O)[C@H](O)[C@@H]4O)[C@@H](O)[C@H](O[C@H]4O[C@H](CO)[C@@H](O)[C@H](O)[C@@H]4O)[C@@H]3O)[C@@H](O)[C@H](O[C@H]3O[C@H](CO)[C@@H](O)[C@H](O)[C@@H]3O)[C@@H]2O)[C@@H]1O. The van der Waals surface area contributed by atoms with E-state index < -0.39 is 281 Å². The molecular formula is C46H79N2O39P. The molecule has 7 aliphatic heterocycles. The van der Waals surface area contributed by atoms with Gasteiger partial charge in [-0.2, -0.15) is 0 Å². The molecule has 7 heterocycles. The number of amides is 2. The molecule has 1 unspecified atom stereocenters. The molecular weight excluding hydrogens is 1240 g/mol. The van der Waals surface area contributed by atoms with Crippen LogP contribution >= 0.6 is 7.82 Å². The molecule has 0 radical (unpaired) electrons. The van der Waals surface area contributed by atoms with Crippen molar-refractivity contribution in [1.29, 1.82) is 0 Å². The molecule has 35 atom stereocenters. The Morgan fingerprint density at radius 2 is 0.670 bits per heavy atom. The molecule has 0 spiro atoms. The normalized spacial score (nSPS) is 48.8. The zero-order valence-electron chi connectivity index (χ0n) is 46.4. The summed E-state index contributed by atoms with van der Waals surface area (Å²) in [5.74, 6) is -1.64. The van der Waals surface area contributed by atoms with Gasteiger partial charge in [0.1, 0.15) is 171 Å². The van der Waals surface area contributed by atoms with Crippen molar-refractivity contribution < 1.29 is 192 Å². The lowest BCUT2D eigenvalue weighted by molar-refractivity contribution is -0.387. The van der Waals surface area contributed by atoms with Gasteiger partial charge in [-0.15, -0.1) is 0 Å². The summed E-state index contributed by atoms with van der Waals surface area (Å²) in [5.41, 5.74) is 0. The molecule has 0 aromatic rings. The molecule has 512 valence electrons. The van der Waals surface area contributed by atoms with Crippen LogP contribution in [0.5, 0.6) is 0 Å². The van der Waals surface area contributed by atoms with Gasteiger partial charge in [-0.3, -0.25) is 14.1 Å². The van der Waals surface area contributed by atoms with Crippen LogP contribution in [0.1, 0.15) is 13.8 Å². The Morgan fingerprint density at radius 3 is 1.11 bits per heavy atom. The fourth-order valence-electron chi connectivity index (χ4n) is 10.8. The number of aliphatic hydroxyl groups excluding tert-OH is 20. The van der Waals surface area contributed by atoms with Crippen molar-refractivity contribution in [3.63, 3.8) is 0 Å². The van der Waals surface area contributed by atoms with Crippen LogP contribution in [0.3, 0.4) is 0 Å². The van der Waals surface area contributed by atoms with E-state index in [1.165, 1.54) is 0 Å². The van der Waals surface area contributed by atoms with Gasteiger partial charge in [0, 0.05) is 13.8 Å². The van der Waals surface area contributed by atoms with Crippen molar-refractivity contribution in [3.05, 3.63) is 0 Å². The molecule has 7 fully saturated rings. The van der Waals surface area contributed by atoms with Crippen molar-refractivity contribution in [2.24, 2.45) is 0 Å². The number of ether oxygens (including phenoxy) is 13. The molecule has 42 heteroatoms. The van der Waals surface area contributed by atoms with Gasteiger partial charge in [0.2, 0.25) is 11.8 Å². The van der Waals surface area contributed by atoms with Crippen LogP contribution in [0.2, 0.25) is 0 Å². The molecule has 0 saturated carbocycles. The van der Waals surface area contributed by atoms with Crippen molar-refractivity contribution in [2.75, 3.05) is 46.2 Å². The largest absolute Gasteiger partial charge is 0.469 e. The zero-order valence-corrected chi connectivity index (χ0v) is 47.3. The van der Waals surface area contributed by atoms with Gasteiger partial charge in [-0.25, -0.2) is 4.57 Å². The summed E-state index contributed by atoms with van der Waals surface area (Å²) in [5, 5.41) is 222. The van der Waals surface area contributed by atoms with Gasteiger partial charge in [-0.1, -0.05) is 0 Å². The maximum Gasteiger partial charge on any atom is 0.469 e. The number of phosphoric acid groups is 1. The second-order valence-electron chi connectivity index (χ2n) is 21.7. The Kier molecular flexibility index (Phi) is 26.0. The fraction of sp³-hybridized carbons (Fsp3) is 0.957. The summed E-state index contributed by atoms with van der Waals surface area (Å²) in [6, 6.07) is -3.41. The molecule has 0 aliphatic carbocycles. The number of carbonyl (C=O) groups excluding carboxylic acids is 2. The molecule has 88 heavy (non-hydrogen) atoms. The topological polar surface area (TPSA) is 650 Å². The Labute approximate surface area is 496 Å². The Balaban J connectivity index is 1.17. The lowest BCUT2D eigenvalue weighted by Crippen LogP contribution is -2.70. The Bertz CT molecular complexity index is 2250. The first-order chi connectivity index (χ1) is 41.4. The molecule has 7 saturated heterocycles. The predicted molar refractivity (Wildman–Crippen MR) is 266 cm³/mol. The third-order valence-electron chi connectivity index (χ3n) is 15.5. The van der Waals surface area contributed by atoms with Gasteiger partial charge in [0.05, 0.1) is 46.2 Å². The maximum absolute atomic E-state index is 12.7. The second-order valence-corrected chi connectivity index (χ2v) is 23.0. The first-order valence-corrected chi connectivity index (χ1v) is 28.9. The molecule has 0 aromatic carbocycles. The summed E-state index contributed by atoms with van der Waals surface area (Å²) in [4.78, 5) is 43.1. The van der Waals surface area contributed by atoms with Crippen molar-refractivity contribution in [2.45, 2.75) is 229 Å². The summed E-state index contributed by atoms with van der Waals surface area (Å²) in [6.45, 7) is -5.28. The molecule has 2 amide bonds. The van der Waals surface area contributed by atoms with Crippen molar-refractivity contribution in [3.8, 4) is 0 Å². The van der Waals surface area contributed by atoms with Crippen LogP contribution < -0.4 is 10.6 Å². The summed E-state index contributed by atoms with van der Waals surface area (Å²) in [7, 11) is -5.22. The fourth-order valence-corrected chi connectivity index (χ4v) is 11.1. The minimum Gasteiger partial charge on any atom is -0.394 e. The van der Waals surface area contributed by atoms with Gasteiger partial charge >= 0.3 is 7.82 Å². The Hall–Kier alpha value is -2.27. The third kappa shape index (κ3) is 16.6. The second kappa shape index (κ2) is 31.3. The highest BCUT2D eigenvalue weighted by atomic mass is 31.2. The van der Waals surface area contributed by atoms with E-state index in [9.17, 15) is 126 Å². The van der Waals surface area contributed by atoms with Gasteiger partial charge in [0.15, 0.2) is 44.0 Å². The highest BCUT2D eigenvalue weighted by Crippen LogP contribution is 2.39. The van der Waals surface area contributed by atoms with Crippen molar-refractivity contribution in [1.82, 2.24) is 10.6 Å². The number of hydrogen-bond acceptors (Lipinski definition) is 37.